The maximum atomic E-state index is 12.1. The molecule has 1 atom stereocenters. The molecule has 0 heterocycles. The molecular formula is C18H21F2NO2. The second kappa shape index (κ2) is 7.92. The third-order valence-corrected chi connectivity index (χ3v) is 3.69. The first-order valence-corrected chi connectivity index (χ1v) is 7.41. The first kappa shape index (κ1) is 17.2. The number of ether oxygens (including phenoxy) is 2. The van der Waals surface area contributed by atoms with Crippen LogP contribution in [0.15, 0.2) is 42.5 Å². The smallest absolute Gasteiger partial charge is 0.387 e. The lowest BCUT2D eigenvalue weighted by Crippen LogP contribution is -2.18. The number of methoxy groups -OCH3 is 1. The van der Waals surface area contributed by atoms with Crippen molar-refractivity contribution in [1.29, 1.82) is 0 Å². The lowest BCUT2D eigenvalue weighted by Gasteiger charge is -2.16. The number of halogens is 2. The van der Waals surface area contributed by atoms with Gasteiger partial charge in [0.2, 0.25) is 0 Å². The third kappa shape index (κ3) is 4.93. The molecule has 0 saturated heterocycles. The van der Waals surface area contributed by atoms with Crippen molar-refractivity contribution in [2.75, 3.05) is 7.11 Å². The molecule has 124 valence electrons. The molecule has 0 radical (unpaired) electrons. The lowest BCUT2D eigenvalue weighted by molar-refractivity contribution is -0.0498. The number of nitrogens with one attached hydrogen (secondary N) is 1. The van der Waals surface area contributed by atoms with E-state index in [-0.39, 0.29) is 11.8 Å². The molecule has 0 bridgehead atoms. The van der Waals surface area contributed by atoms with Gasteiger partial charge in [-0.15, -0.1) is 0 Å². The highest BCUT2D eigenvalue weighted by Gasteiger charge is 2.08. The van der Waals surface area contributed by atoms with Crippen molar-refractivity contribution in [3.63, 3.8) is 0 Å². The summed E-state index contributed by atoms with van der Waals surface area (Å²) in [4.78, 5) is 0. The number of hydrogen-bond donors (Lipinski definition) is 1. The van der Waals surface area contributed by atoms with E-state index in [1.165, 1.54) is 0 Å². The monoisotopic (exact) mass is 321 g/mol. The minimum atomic E-state index is -2.80. The third-order valence-electron chi connectivity index (χ3n) is 3.69. The highest BCUT2D eigenvalue weighted by atomic mass is 19.3. The van der Waals surface area contributed by atoms with Crippen molar-refractivity contribution in [2.45, 2.75) is 33.0 Å². The van der Waals surface area contributed by atoms with Crippen molar-refractivity contribution in [3.05, 3.63) is 59.2 Å². The summed E-state index contributed by atoms with van der Waals surface area (Å²) in [6, 6.07) is 12.8. The highest BCUT2D eigenvalue weighted by molar-refractivity contribution is 5.36. The molecule has 3 nitrogen and oxygen atoms in total. The van der Waals surface area contributed by atoms with E-state index in [0.29, 0.717) is 6.54 Å². The molecule has 2 aromatic rings. The predicted octanol–water partition coefficient (Wildman–Crippen LogP) is 4.46. The van der Waals surface area contributed by atoms with Crippen LogP contribution in [0.5, 0.6) is 11.5 Å². The molecule has 0 aliphatic carbocycles. The van der Waals surface area contributed by atoms with Crippen LogP contribution >= 0.6 is 0 Å². The molecule has 2 rings (SSSR count). The number of aryl methyl sites for hydroxylation is 1. The molecule has 1 N–H and O–H groups in total. The van der Waals surface area contributed by atoms with Crippen molar-refractivity contribution in [3.8, 4) is 11.5 Å². The molecule has 0 aliphatic rings. The van der Waals surface area contributed by atoms with Crippen LogP contribution in [0.4, 0.5) is 8.78 Å². The molecule has 5 heteroatoms. The average Bonchev–Trinajstić information content (AvgIpc) is 2.54. The highest BCUT2D eigenvalue weighted by Crippen LogP contribution is 2.21. The Morgan fingerprint density at radius 2 is 1.78 bits per heavy atom. The van der Waals surface area contributed by atoms with Gasteiger partial charge in [0.1, 0.15) is 11.5 Å². The SMILES string of the molecule is COc1cc(CNC(C)c2ccc(OC(F)F)cc2)ccc1C. The molecule has 0 aliphatic heterocycles. The number of hydrogen-bond acceptors (Lipinski definition) is 3. The zero-order valence-corrected chi connectivity index (χ0v) is 13.5. The Hall–Kier alpha value is -2.14. The lowest BCUT2D eigenvalue weighted by atomic mass is 10.1. The molecule has 0 amide bonds. The summed E-state index contributed by atoms with van der Waals surface area (Å²) in [5.41, 5.74) is 3.22. The summed E-state index contributed by atoms with van der Waals surface area (Å²) in [6.07, 6.45) is 0. The van der Waals surface area contributed by atoms with Gasteiger partial charge in [0, 0.05) is 12.6 Å². The van der Waals surface area contributed by atoms with Gasteiger partial charge in [0.15, 0.2) is 0 Å². The normalized spacial score (nSPS) is 12.3. The topological polar surface area (TPSA) is 30.5 Å². The van der Waals surface area contributed by atoms with Crippen molar-refractivity contribution in [1.82, 2.24) is 5.32 Å². The molecule has 2 aromatic carbocycles. The number of rotatable bonds is 7. The van der Waals surface area contributed by atoms with E-state index in [1.54, 1.807) is 31.4 Å². The van der Waals surface area contributed by atoms with Crippen LogP contribution in [0, 0.1) is 6.92 Å². The summed E-state index contributed by atoms with van der Waals surface area (Å²) < 4.78 is 33.9. The minimum absolute atomic E-state index is 0.0860. The van der Waals surface area contributed by atoms with Crippen molar-refractivity contribution < 1.29 is 18.3 Å². The fraction of sp³-hybridized carbons (Fsp3) is 0.333. The molecule has 0 spiro atoms. The second-order valence-electron chi connectivity index (χ2n) is 5.35. The van der Waals surface area contributed by atoms with Gasteiger partial charge in [-0.1, -0.05) is 24.3 Å². The minimum Gasteiger partial charge on any atom is -0.496 e. The van der Waals surface area contributed by atoms with Crippen LogP contribution in [0.2, 0.25) is 0 Å². The summed E-state index contributed by atoms with van der Waals surface area (Å²) >= 11 is 0. The van der Waals surface area contributed by atoms with E-state index in [2.05, 4.69) is 16.1 Å². The fourth-order valence-electron chi connectivity index (χ4n) is 2.30. The fourth-order valence-corrected chi connectivity index (χ4v) is 2.30. The first-order chi connectivity index (χ1) is 11.0. The summed E-state index contributed by atoms with van der Waals surface area (Å²) in [6.45, 7) is 1.91. The van der Waals surface area contributed by atoms with Crippen LogP contribution in [0.25, 0.3) is 0 Å². The molecule has 0 aromatic heterocycles. The van der Waals surface area contributed by atoms with E-state index in [1.807, 2.05) is 26.0 Å². The zero-order chi connectivity index (χ0) is 16.8. The quantitative estimate of drug-likeness (QED) is 0.817. The van der Waals surface area contributed by atoms with Crippen LogP contribution in [0.3, 0.4) is 0 Å². The first-order valence-electron chi connectivity index (χ1n) is 7.41. The Kier molecular flexibility index (Phi) is 5.93. The van der Waals surface area contributed by atoms with Gasteiger partial charge >= 0.3 is 6.61 Å². The van der Waals surface area contributed by atoms with E-state index in [4.69, 9.17) is 4.74 Å². The Balaban J connectivity index is 1.95. The van der Waals surface area contributed by atoms with E-state index in [0.717, 1.165) is 22.4 Å². The van der Waals surface area contributed by atoms with Gasteiger partial charge in [-0.25, -0.2) is 0 Å². The Bertz CT molecular complexity index is 629. The Labute approximate surface area is 135 Å². The van der Waals surface area contributed by atoms with Gasteiger partial charge in [-0.05, 0) is 48.7 Å². The van der Waals surface area contributed by atoms with E-state index < -0.39 is 6.61 Å². The average molecular weight is 321 g/mol. The van der Waals surface area contributed by atoms with E-state index in [9.17, 15) is 8.78 Å². The van der Waals surface area contributed by atoms with Crippen LogP contribution < -0.4 is 14.8 Å². The maximum Gasteiger partial charge on any atom is 0.387 e. The van der Waals surface area contributed by atoms with Gasteiger partial charge in [0.25, 0.3) is 0 Å². The molecule has 0 fully saturated rings. The molecule has 1 unspecified atom stereocenters. The van der Waals surface area contributed by atoms with Crippen molar-refractivity contribution >= 4 is 0 Å². The van der Waals surface area contributed by atoms with Crippen LogP contribution in [-0.2, 0) is 6.54 Å². The number of benzene rings is 2. The maximum absolute atomic E-state index is 12.1. The Morgan fingerprint density at radius 1 is 1.09 bits per heavy atom. The zero-order valence-electron chi connectivity index (χ0n) is 13.5. The van der Waals surface area contributed by atoms with Gasteiger partial charge < -0.3 is 14.8 Å². The van der Waals surface area contributed by atoms with Crippen molar-refractivity contribution in [2.24, 2.45) is 0 Å². The van der Waals surface area contributed by atoms with Gasteiger partial charge in [-0.3, -0.25) is 0 Å². The summed E-state index contributed by atoms with van der Waals surface area (Å²) in [5, 5.41) is 3.40. The molecule has 23 heavy (non-hydrogen) atoms. The molecular weight excluding hydrogens is 300 g/mol. The largest absolute Gasteiger partial charge is 0.496 e. The summed E-state index contributed by atoms with van der Waals surface area (Å²) in [7, 11) is 1.66. The van der Waals surface area contributed by atoms with Gasteiger partial charge in [0.05, 0.1) is 7.11 Å². The Morgan fingerprint density at radius 3 is 2.39 bits per heavy atom. The standard InChI is InChI=1S/C18H21F2NO2/c1-12-4-5-14(10-17(12)22-3)11-21-13(2)15-6-8-16(9-7-15)23-18(19)20/h4-10,13,18,21H,11H2,1-3H3. The summed E-state index contributed by atoms with van der Waals surface area (Å²) in [5.74, 6) is 1.03. The predicted molar refractivity (Wildman–Crippen MR) is 86.1 cm³/mol. The number of alkyl halides is 2. The molecule has 0 saturated carbocycles. The van der Waals surface area contributed by atoms with Gasteiger partial charge in [-0.2, -0.15) is 8.78 Å². The van der Waals surface area contributed by atoms with E-state index >= 15 is 0 Å². The van der Waals surface area contributed by atoms with Crippen LogP contribution in [-0.4, -0.2) is 13.7 Å². The van der Waals surface area contributed by atoms with Crippen LogP contribution in [0.1, 0.15) is 29.7 Å². The second-order valence-corrected chi connectivity index (χ2v) is 5.35.